The highest BCUT2D eigenvalue weighted by Crippen LogP contribution is 2.12. The summed E-state index contributed by atoms with van der Waals surface area (Å²) >= 11 is 3.34. The van der Waals surface area contributed by atoms with Crippen LogP contribution >= 0.6 is 15.9 Å². The zero-order chi connectivity index (χ0) is 12.8. The Hall–Kier alpha value is -1.56. The van der Waals surface area contributed by atoms with Gasteiger partial charge in [0, 0.05) is 18.1 Å². The van der Waals surface area contributed by atoms with E-state index in [0.29, 0.717) is 6.54 Å². The van der Waals surface area contributed by atoms with Gasteiger partial charge in [0.15, 0.2) is 0 Å². The number of aliphatic carboxylic acids is 1. The molecule has 1 aromatic rings. The van der Waals surface area contributed by atoms with Crippen LogP contribution in [0, 0.1) is 0 Å². The van der Waals surface area contributed by atoms with E-state index < -0.39 is 12.0 Å². The average Bonchev–Trinajstić information content (AvgIpc) is 2.25. The first-order valence-corrected chi connectivity index (χ1v) is 5.73. The Kier molecular flexibility index (Phi) is 4.96. The number of rotatable bonds is 4. The molecule has 0 saturated carbocycles. The highest BCUT2D eigenvalue weighted by atomic mass is 79.9. The zero-order valence-electron chi connectivity index (χ0n) is 9.31. The zero-order valence-corrected chi connectivity index (χ0v) is 10.9. The first-order chi connectivity index (χ1) is 7.99. The van der Waals surface area contributed by atoms with Gasteiger partial charge < -0.3 is 15.3 Å². The Labute approximate surface area is 108 Å². The molecular formula is C11H13BrN2O3. The molecule has 0 unspecified atom stereocenters. The van der Waals surface area contributed by atoms with Crippen molar-refractivity contribution < 1.29 is 14.7 Å². The summed E-state index contributed by atoms with van der Waals surface area (Å²) in [6.45, 7) is 0.0482. The number of carboxylic acids is 1. The lowest BCUT2D eigenvalue weighted by molar-refractivity contribution is -0.135. The van der Waals surface area contributed by atoms with Gasteiger partial charge in [-0.15, -0.1) is 0 Å². The lowest BCUT2D eigenvalue weighted by atomic mass is 10.2. The highest BCUT2D eigenvalue weighted by molar-refractivity contribution is 9.10. The molecule has 0 atom stereocenters. The lowest BCUT2D eigenvalue weighted by Gasteiger charge is -2.17. The third-order valence-corrected chi connectivity index (χ3v) is 2.54. The van der Waals surface area contributed by atoms with E-state index in [2.05, 4.69) is 21.2 Å². The van der Waals surface area contributed by atoms with E-state index in [1.807, 2.05) is 24.3 Å². The molecule has 17 heavy (non-hydrogen) atoms. The van der Waals surface area contributed by atoms with Crippen LogP contribution in [-0.4, -0.2) is 35.6 Å². The summed E-state index contributed by atoms with van der Waals surface area (Å²) in [4.78, 5) is 23.2. The maximum Gasteiger partial charge on any atom is 0.323 e. The molecule has 5 nitrogen and oxygen atoms in total. The topological polar surface area (TPSA) is 69.6 Å². The SMILES string of the molecule is CN(Cc1cccc(Br)c1)C(=O)NCC(=O)O. The predicted molar refractivity (Wildman–Crippen MR) is 66.6 cm³/mol. The largest absolute Gasteiger partial charge is 0.480 e. The average molecular weight is 301 g/mol. The Balaban J connectivity index is 2.51. The number of carbonyl (C=O) groups is 2. The van der Waals surface area contributed by atoms with Crippen LogP contribution in [-0.2, 0) is 11.3 Å². The molecular weight excluding hydrogens is 288 g/mol. The standard InChI is InChI=1S/C11H13BrN2O3/c1-14(11(17)13-6-10(15)16)7-8-3-2-4-9(12)5-8/h2-5H,6-7H2,1H3,(H,13,17)(H,15,16). The summed E-state index contributed by atoms with van der Waals surface area (Å²) in [6.07, 6.45) is 0. The van der Waals surface area contributed by atoms with Crippen LogP contribution in [0.2, 0.25) is 0 Å². The van der Waals surface area contributed by atoms with Gasteiger partial charge in [0.2, 0.25) is 0 Å². The number of urea groups is 1. The molecule has 0 spiro atoms. The molecule has 0 saturated heterocycles. The number of hydrogen-bond acceptors (Lipinski definition) is 2. The van der Waals surface area contributed by atoms with Gasteiger partial charge in [0.25, 0.3) is 0 Å². The second kappa shape index (κ2) is 6.24. The van der Waals surface area contributed by atoms with E-state index in [0.717, 1.165) is 10.0 Å². The number of amides is 2. The van der Waals surface area contributed by atoms with Crippen molar-refractivity contribution in [3.8, 4) is 0 Å². The van der Waals surface area contributed by atoms with Crippen molar-refractivity contribution in [2.24, 2.45) is 0 Å². The summed E-state index contributed by atoms with van der Waals surface area (Å²) in [5, 5.41) is 10.7. The van der Waals surface area contributed by atoms with Gasteiger partial charge in [-0.25, -0.2) is 4.79 Å². The summed E-state index contributed by atoms with van der Waals surface area (Å²) in [5.74, 6) is -1.06. The number of nitrogens with zero attached hydrogens (tertiary/aromatic N) is 1. The van der Waals surface area contributed by atoms with Crippen molar-refractivity contribution in [2.75, 3.05) is 13.6 Å². The minimum atomic E-state index is -1.06. The minimum Gasteiger partial charge on any atom is -0.480 e. The monoisotopic (exact) mass is 300 g/mol. The van der Waals surface area contributed by atoms with E-state index in [1.165, 1.54) is 4.90 Å². The van der Waals surface area contributed by atoms with Crippen LogP contribution in [0.5, 0.6) is 0 Å². The summed E-state index contributed by atoms with van der Waals surface area (Å²) < 4.78 is 0.939. The molecule has 0 aromatic heterocycles. The molecule has 92 valence electrons. The fourth-order valence-corrected chi connectivity index (χ4v) is 1.71. The Morgan fingerprint density at radius 1 is 1.47 bits per heavy atom. The molecule has 2 amide bonds. The van der Waals surface area contributed by atoms with Crippen LogP contribution < -0.4 is 5.32 Å². The van der Waals surface area contributed by atoms with Gasteiger partial charge in [-0.05, 0) is 17.7 Å². The van der Waals surface area contributed by atoms with Gasteiger partial charge in [0.1, 0.15) is 6.54 Å². The molecule has 0 aliphatic heterocycles. The number of carbonyl (C=O) groups excluding carboxylic acids is 1. The van der Waals surface area contributed by atoms with Crippen molar-refractivity contribution in [2.45, 2.75) is 6.54 Å². The van der Waals surface area contributed by atoms with E-state index >= 15 is 0 Å². The van der Waals surface area contributed by atoms with Crippen LogP contribution in [0.4, 0.5) is 4.79 Å². The van der Waals surface area contributed by atoms with Crippen molar-refractivity contribution in [1.29, 1.82) is 0 Å². The number of hydrogen-bond donors (Lipinski definition) is 2. The Morgan fingerprint density at radius 2 is 2.18 bits per heavy atom. The molecule has 6 heteroatoms. The Bertz CT molecular complexity index is 423. The van der Waals surface area contributed by atoms with Gasteiger partial charge >= 0.3 is 12.0 Å². The summed E-state index contributed by atoms with van der Waals surface area (Å²) in [5.41, 5.74) is 0.965. The second-order valence-electron chi connectivity index (χ2n) is 3.54. The van der Waals surface area contributed by atoms with Crippen molar-refractivity contribution >= 4 is 27.9 Å². The van der Waals surface area contributed by atoms with Crippen LogP contribution in [0.15, 0.2) is 28.7 Å². The lowest BCUT2D eigenvalue weighted by Crippen LogP contribution is -2.39. The third-order valence-electron chi connectivity index (χ3n) is 2.05. The van der Waals surface area contributed by atoms with E-state index in [1.54, 1.807) is 7.05 Å². The molecule has 0 aliphatic rings. The molecule has 0 bridgehead atoms. The molecule has 1 aromatic carbocycles. The number of nitrogens with one attached hydrogen (secondary N) is 1. The molecule has 0 fully saturated rings. The van der Waals surface area contributed by atoms with Crippen LogP contribution in [0.1, 0.15) is 5.56 Å². The van der Waals surface area contributed by atoms with E-state index in [-0.39, 0.29) is 6.54 Å². The fourth-order valence-electron chi connectivity index (χ4n) is 1.27. The molecule has 2 N–H and O–H groups in total. The van der Waals surface area contributed by atoms with E-state index in [4.69, 9.17) is 5.11 Å². The quantitative estimate of drug-likeness (QED) is 0.889. The minimum absolute atomic E-state index is 0.373. The first-order valence-electron chi connectivity index (χ1n) is 4.94. The predicted octanol–water partition coefficient (Wildman–Crippen LogP) is 1.68. The highest BCUT2D eigenvalue weighted by Gasteiger charge is 2.09. The molecule has 0 heterocycles. The molecule has 1 rings (SSSR count). The smallest absolute Gasteiger partial charge is 0.323 e. The number of benzene rings is 1. The number of halogens is 1. The van der Waals surface area contributed by atoms with Crippen molar-refractivity contribution in [3.63, 3.8) is 0 Å². The van der Waals surface area contributed by atoms with Crippen molar-refractivity contribution in [3.05, 3.63) is 34.3 Å². The van der Waals surface area contributed by atoms with E-state index in [9.17, 15) is 9.59 Å². The van der Waals surface area contributed by atoms with Crippen molar-refractivity contribution in [1.82, 2.24) is 10.2 Å². The first kappa shape index (κ1) is 13.5. The van der Waals surface area contributed by atoms with Crippen LogP contribution in [0.25, 0.3) is 0 Å². The third kappa shape index (κ3) is 4.86. The van der Waals surface area contributed by atoms with Crippen LogP contribution in [0.3, 0.4) is 0 Å². The summed E-state index contributed by atoms with van der Waals surface area (Å²) in [6, 6.07) is 7.16. The maximum absolute atomic E-state index is 11.5. The molecule has 0 radical (unpaired) electrons. The second-order valence-corrected chi connectivity index (χ2v) is 4.45. The van der Waals surface area contributed by atoms with Gasteiger partial charge in [-0.3, -0.25) is 4.79 Å². The number of carboxylic acid groups (broad SMARTS) is 1. The molecule has 0 aliphatic carbocycles. The van der Waals surface area contributed by atoms with Gasteiger partial charge in [-0.2, -0.15) is 0 Å². The Morgan fingerprint density at radius 3 is 2.76 bits per heavy atom. The summed E-state index contributed by atoms with van der Waals surface area (Å²) in [7, 11) is 1.61. The normalized spacial score (nSPS) is 9.76. The maximum atomic E-state index is 11.5. The van der Waals surface area contributed by atoms with Gasteiger partial charge in [0.05, 0.1) is 0 Å². The van der Waals surface area contributed by atoms with Gasteiger partial charge in [-0.1, -0.05) is 28.1 Å². The fraction of sp³-hybridized carbons (Fsp3) is 0.273.